The topological polar surface area (TPSA) is 15.3 Å². The van der Waals surface area contributed by atoms with Gasteiger partial charge < -0.3 is 10.2 Å². The molecular formula is C10H20N2. The third-order valence-corrected chi connectivity index (χ3v) is 1.83. The summed E-state index contributed by atoms with van der Waals surface area (Å²) in [6.45, 7) is 6.22. The molecule has 12 heavy (non-hydrogen) atoms. The van der Waals surface area contributed by atoms with Gasteiger partial charge in [0.2, 0.25) is 0 Å². The van der Waals surface area contributed by atoms with Crippen molar-refractivity contribution < 1.29 is 0 Å². The Morgan fingerprint density at radius 2 is 2.17 bits per heavy atom. The minimum Gasteiger partial charge on any atom is -0.377 e. The molecule has 2 heteroatoms. The smallest absolute Gasteiger partial charge is 0.0296 e. The Hall–Kier alpha value is -0.760. The summed E-state index contributed by atoms with van der Waals surface area (Å²) in [5, 5.41) is 3.12. The van der Waals surface area contributed by atoms with Crippen LogP contribution in [0.4, 0.5) is 0 Å². The zero-order valence-corrected chi connectivity index (χ0v) is 8.59. The summed E-state index contributed by atoms with van der Waals surface area (Å²) in [7, 11) is 4.07. The number of rotatable bonds is 5. The van der Waals surface area contributed by atoms with Crippen molar-refractivity contribution in [3.63, 3.8) is 0 Å². The van der Waals surface area contributed by atoms with Gasteiger partial charge in [-0.2, -0.15) is 0 Å². The highest BCUT2D eigenvalue weighted by atomic mass is 15.1. The predicted octanol–water partition coefficient (Wildman–Crippen LogP) is 1.62. The monoisotopic (exact) mass is 168 g/mol. The molecule has 0 heterocycles. The van der Waals surface area contributed by atoms with E-state index in [2.05, 4.69) is 36.3 Å². The molecule has 0 radical (unpaired) electrons. The van der Waals surface area contributed by atoms with Gasteiger partial charge in [0, 0.05) is 25.8 Å². The first-order valence-corrected chi connectivity index (χ1v) is 4.37. The van der Waals surface area contributed by atoms with Crippen molar-refractivity contribution in [3.05, 3.63) is 23.9 Å². The maximum absolute atomic E-state index is 3.12. The fraction of sp³-hybridized carbons (Fsp3) is 0.600. The Labute approximate surface area is 76.0 Å². The van der Waals surface area contributed by atoms with E-state index in [1.165, 1.54) is 5.70 Å². The second-order valence-corrected chi connectivity index (χ2v) is 2.86. The van der Waals surface area contributed by atoms with Crippen molar-refractivity contribution in [1.82, 2.24) is 10.2 Å². The van der Waals surface area contributed by atoms with Crippen LogP contribution >= 0.6 is 0 Å². The van der Waals surface area contributed by atoms with Crippen LogP contribution in [0.3, 0.4) is 0 Å². The molecule has 0 aliphatic heterocycles. The molecule has 0 rings (SSSR count). The van der Waals surface area contributed by atoms with Gasteiger partial charge in [-0.1, -0.05) is 12.2 Å². The van der Waals surface area contributed by atoms with Gasteiger partial charge in [0.1, 0.15) is 0 Å². The summed E-state index contributed by atoms with van der Waals surface area (Å²) in [6, 6.07) is 0. The van der Waals surface area contributed by atoms with Crippen molar-refractivity contribution in [1.29, 1.82) is 0 Å². The zero-order chi connectivity index (χ0) is 9.40. The van der Waals surface area contributed by atoms with Gasteiger partial charge >= 0.3 is 0 Å². The highest BCUT2D eigenvalue weighted by Crippen LogP contribution is 1.98. The van der Waals surface area contributed by atoms with Crippen LogP contribution in [0.2, 0.25) is 0 Å². The fourth-order valence-corrected chi connectivity index (χ4v) is 0.819. The van der Waals surface area contributed by atoms with Crippen LogP contribution in [0.25, 0.3) is 0 Å². The quantitative estimate of drug-likeness (QED) is 0.627. The SMILES string of the molecule is CC=CC=C(C)N(C)CCNC. The van der Waals surface area contributed by atoms with E-state index in [4.69, 9.17) is 0 Å². The largest absolute Gasteiger partial charge is 0.377 e. The predicted molar refractivity (Wildman–Crippen MR) is 55.1 cm³/mol. The lowest BCUT2D eigenvalue weighted by atomic mass is 10.3. The molecule has 0 saturated carbocycles. The molecule has 0 aliphatic carbocycles. The van der Waals surface area contributed by atoms with Gasteiger partial charge in [-0.15, -0.1) is 0 Å². The van der Waals surface area contributed by atoms with Gasteiger partial charge in [-0.3, -0.25) is 0 Å². The maximum Gasteiger partial charge on any atom is 0.0296 e. The standard InChI is InChI=1S/C10H20N2/c1-5-6-7-10(2)12(4)9-8-11-3/h5-7,11H,8-9H2,1-4H3. The van der Waals surface area contributed by atoms with E-state index < -0.39 is 0 Å². The molecule has 0 aromatic carbocycles. The molecule has 0 aliphatic rings. The summed E-state index contributed by atoms with van der Waals surface area (Å²) in [5.41, 5.74) is 1.29. The molecule has 70 valence electrons. The maximum atomic E-state index is 3.12. The molecule has 0 bridgehead atoms. The van der Waals surface area contributed by atoms with E-state index in [1.54, 1.807) is 0 Å². The van der Waals surface area contributed by atoms with Crippen molar-refractivity contribution in [2.75, 3.05) is 27.2 Å². The van der Waals surface area contributed by atoms with Crippen LogP contribution < -0.4 is 5.32 Å². The fourth-order valence-electron chi connectivity index (χ4n) is 0.819. The zero-order valence-electron chi connectivity index (χ0n) is 8.59. The first kappa shape index (κ1) is 11.2. The Morgan fingerprint density at radius 1 is 1.50 bits per heavy atom. The first-order valence-electron chi connectivity index (χ1n) is 4.37. The molecule has 0 unspecified atom stereocenters. The Kier molecular flexibility index (Phi) is 6.48. The third kappa shape index (κ3) is 4.97. The summed E-state index contributed by atoms with van der Waals surface area (Å²) in [4.78, 5) is 2.23. The number of allylic oxidation sites excluding steroid dienone is 4. The lowest BCUT2D eigenvalue weighted by Crippen LogP contribution is -2.25. The van der Waals surface area contributed by atoms with Crippen LogP contribution in [0.15, 0.2) is 23.9 Å². The van der Waals surface area contributed by atoms with E-state index in [0.29, 0.717) is 0 Å². The average Bonchev–Trinajstić information content (AvgIpc) is 2.10. The van der Waals surface area contributed by atoms with Crippen LogP contribution in [0, 0.1) is 0 Å². The van der Waals surface area contributed by atoms with E-state index in [-0.39, 0.29) is 0 Å². The number of nitrogens with zero attached hydrogens (tertiary/aromatic N) is 1. The molecule has 0 aromatic heterocycles. The molecule has 0 aromatic rings. The number of likely N-dealkylation sites (N-methyl/N-ethyl adjacent to an activating group) is 2. The van der Waals surface area contributed by atoms with Crippen LogP contribution in [-0.4, -0.2) is 32.1 Å². The highest BCUT2D eigenvalue weighted by molar-refractivity contribution is 5.08. The summed E-state index contributed by atoms with van der Waals surface area (Å²) < 4.78 is 0. The second kappa shape index (κ2) is 6.92. The normalized spacial score (nSPS) is 12.5. The van der Waals surface area contributed by atoms with Crippen LogP contribution in [0.1, 0.15) is 13.8 Å². The van der Waals surface area contributed by atoms with Gasteiger partial charge in [0.25, 0.3) is 0 Å². The van der Waals surface area contributed by atoms with Crippen LogP contribution in [0.5, 0.6) is 0 Å². The van der Waals surface area contributed by atoms with Crippen molar-refractivity contribution in [2.24, 2.45) is 0 Å². The van der Waals surface area contributed by atoms with Gasteiger partial charge in [-0.05, 0) is 27.0 Å². The Balaban J connectivity index is 3.82. The summed E-state index contributed by atoms with van der Waals surface area (Å²) >= 11 is 0. The Morgan fingerprint density at radius 3 is 2.67 bits per heavy atom. The minimum absolute atomic E-state index is 1.03. The molecule has 0 fully saturated rings. The van der Waals surface area contributed by atoms with Gasteiger partial charge in [-0.25, -0.2) is 0 Å². The van der Waals surface area contributed by atoms with Crippen molar-refractivity contribution in [2.45, 2.75) is 13.8 Å². The summed E-state index contributed by atoms with van der Waals surface area (Å²) in [6.07, 6.45) is 6.22. The number of nitrogens with one attached hydrogen (secondary N) is 1. The van der Waals surface area contributed by atoms with Gasteiger partial charge in [0.05, 0.1) is 0 Å². The second-order valence-electron chi connectivity index (χ2n) is 2.86. The minimum atomic E-state index is 1.03. The molecular weight excluding hydrogens is 148 g/mol. The van der Waals surface area contributed by atoms with E-state index in [0.717, 1.165) is 13.1 Å². The number of hydrogen-bond acceptors (Lipinski definition) is 2. The van der Waals surface area contributed by atoms with E-state index in [1.807, 2.05) is 20.0 Å². The van der Waals surface area contributed by atoms with Gasteiger partial charge in [0.15, 0.2) is 0 Å². The molecule has 1 N–H and O–H groups in total. The molecule has 0 atom stereocenters. The lowest BCUT2D eigenvalue weighted by molar-refractivity contribution is 0.416. The third-order valence-electron chi connectivity index (χ3n) is 1.83. The summed E-state index contributed by atoms with van der Waals surface area (Å²) in [5.74, 6) is 0. The molecule has 0 amide bonds. The first-order chi connectivity index (χ1) is 5.72. The van der Waals surface area contributed by atoms with Crippen molar-refractivity contribution in [3.8, 4) is 0 Å². The van der Waals surface area contributed by atoms with E-state index in [9.17, 15) is 0 Å². The Bertz CT molecular complexity index is 159. The molecule has 0 saturated heterocycles. The number of hydrogen-bond donors (Lipinski definition) is 1. The van der Waals surface area contributed by atoms with Crippen molar-refractivity contribution >= 4 is 0 Å². The highest BCUT2D eigenvalue weighted by Gasteiger charge is 1.94. The lowest BCUT2D eigenvalue weighted by Gasteiger charge is -2.18. The molecule has 0 spiro atoms. The van der Waals surface area contributed by atoms with Crippen LogP contribution in [-0.2, 0) is 0 Å². The average molecular weight is 168 g/mol. The molecule has 2 nitrogen and oxygen atoms in total. The van der Waals surface area contributed by atoms with E-state index >= 15 is 0 Å².